The van der Waals surface area contributed by atoms with Gasteiger partial charge in [0, 0.05) is 12.2 Å². The summed E-state index contributed by atoms with van der Waals surface area (Å²) in [7, 11) is 0. The molecule has 3 atom stereocenters. The van der Waals surface area contributed by atoms with E-state index in [2.05, 4.69) is 5.32 Å². The molecule has 2 aliphatic heterocycles. The summed E-state index contributed by atoms with van der Waals surface area (Å²) in [5.41, 5.74) is 7.19. The molecule has 2 saturated heterocycles. The number of nitrogens with one attached hydrogen (secondary N) is 1. The van der Waals surface area contributed by atoms with E-state index in [4.69, 9.17) is 10.5 Å². The van der Waals surface area contributed by atoms with Gasteiger partial charge in [-0.3, -0.25) is 4.79 Å². The predicted octanol–water partition coefficient (Wildman–Crippen LogP) is 1.45. The van der Waals surface area contributed by atoms with Crippen LogP contribution in [0.2, 0.25) is 0 Å². The Hall–Kier alpha value is -1.49. The number of rotatable bonds is 3. The lowest BCUT2D eigenvalue weighted by molar-refractivity contribution is 0.0834. The van der Waals surface area contributed by atoms with Crippen molar-refractivity contribution in [1.82, 2.24) is 9.88 Å². The van der Waals surface area contributed by atoms with Crippen LogP contribution < -0.4 is 11.1 Å². The maximum atomic E-state index is 12.4. The highest BCUT2D eigenvalue weighted by Crippen LogP contribution is 2.38. The van der Waals surface area contributed by atoms with Crippen LogP contribution in [-0.2, 0) is 4.74 Å². The van der Waals surface area contributed by atoms with Crippen LogP contribution in [0.15, 0.2) is 12.3 Å². The van der Waals surface area contributed by atoms with Gasteiger partial charge in [-0.2, -0.15) is 0 Å². The molecule has 102 valence electrons. The first-order valence-corrected chi connectivity index (χ1v) is 7.14. The molecule has 1 aromatic heterocycles. The van der Waals surface area contributed by atoms with Gasteiger partial charge in [0.25, 0.3) is 5.91 Å². The zero-order valence-electron chi connectivity index (χ0n) is 10.8. The fourth-order valence-electron chi connectivity index (χ4n) is 3.37. The van der Waals surface area contributed by atoms with Gasteiger partial charge in [0.15, 0.2) is 0 Å². The van der Waals surface area contributed by atoms with Crippen LogP contribution in [0.5, 0.6) is 0 Å². The first-order valence-electron chi connectivity index (χ1n) is 7.14. The minimum absolute atomic E-state index is 0.00949. The Kier molecular flexibility index (Phi) is 2.39. The maximum Gasteiger partial charge on any atom is 0.268 e. The van der Waals surface area contributed by atoms with Crippen LogP contribution in [0.3, 0.4) is 0 Å². The van der Waals surface area contributed by atoms with E-state index in [1.54, 1.807) is 6.07 Å². The lowest BCUT2D eigenvalue weighted by Crippen LogP contribution is -2.42. The van der Waals surface area contributed by atoms with E-state index in [1.807, 2.05) is 10.8 Å². The van der Waals surface area contributed by atoms with Gasteiger partial charge >= 0.3 is 0 Å². The van der Waals surface area contributed by atoms with E-state index in [-0.39, 0.29) is 18.1 Å². The van der Waals surface area contributed by atoms with Crippen LogP contribution in [0.4, 0.5) is 5.69 Å². The summed E-state index contributed by atoms with van der Waals surface area (Å²) in [5.74, 6) is -0.00949. The number of hydrogen-bond donors (Lipinski definition) is 2. The number of nitrogens with two attached hydrogens (primary N) is 1. The number of ether oxygens (including phenoxy) is 1. The molecule has 3 unspecified atom stereocenters. The Morgan fingerprint density at radius 3 is 2.84 bits per heavy atom. The van der Waals surface area contributed by atoms with Crippen LogP contribution in [0, 0.1) is 0 Å². The molecule has 19 heavy (non-hydrogen) atoms. The first-order chi connectivity index (χ1) is 9.20. The van der Waals surface area contributed by atoms with E-state index in [9.17, 15) is 4.79 Å². The highest BCUT2D eigenvalue weighted by molar-refractivity contribution is 5.94. The largest absolute Gasteiger partial charge is 0.397 e. The zero-order chi connectivity index (χ0) is 13.0. The molecule has 1 saturated carbocycles. The highest BCUT2D eigenvalue weighted by Gasteiger charge is 2.41. The Morgan fingerprint density at radius 2 is 2.21 bits per heavy atom. The van der Waals surface area contributed by atoms with Crippen molar-refractivity contribution in [3.05, 3.63) is 18.0 Å². The predicted molar refractivity (Wildman–Crippen MR) is 70.9 cm³/mol. The molecular formula is C14H19N3O2. The Morgan fingerprint density at radius 1 is 1.37 bits per heavy atom. The molecule has 1 aliphatic carbocycles. The van der Waals surface area contributed by atoms with Crippen molar-refractivity contribution >= 4 is 11.6 Å². The number of anilines is 1. The quantitative estimate of drug-likeness (QED) is 0.865. The number of nitrogen functional groups attached to an aromatic ring is 1. The molecule has 5 heteroatoms. The fraction of sp³-hybridized carbons (Fsp3) is 0.643. The number of fused-ring (bicyclic) bond motifs is 2. The molecule has 0 spiro atoms. The number of aromatic nitrogens is 1. The molecule has 0 aromatic carbocycles. The minimum atomic E-state index is -0.00949. The van der Waals surface area contributed by atoms with Gasteiger partial charge in [0.05, 0.1) is 23.9 Å². The van der Waals surface area contributed by atoms with Crippen molar-refractivity contribution in [3.63, 3.8) is 0 Å². The lowest BCUT2D eigenvalue weighted by atomic mass is 9.95. The summed E-state index contributed by atoms with van der Waals surface area (Å²) in [6, 6.07) is 2.42. The van der Waals surface area contributed by atoms with Gasteiger partial charge in [0.2, 0.25) is 0 Å². The lowest BCUT2D eigenvalue weighted by Gasteiger charge is -2.20. The number of amides is 1. The van der Waals surface area contributed by atoms with E-state index in [0.29, 0.717) is 23.5 Å². The van der Waals surface area contributed by atoms with Crippen molar-refractivity contribution in [2.24, 2.45) is 0 Å². The summed E-state index contributed by atoms with van der Waals surface area (Å²) >= 11 is 0. The van der Waals surface area contributed by atoms with E-state index < -0.39 is 0 Å². The molecule has 1 aromatic rings. The Bertz CT molecular complexity index is 521. The third-order valence-corrected chi connectivity index (χ3v) is 4.47. The standard InChI is InChI=1S/C14H19N3O2/c15-8-5-12(17(7-8)9-1-2-9)14(18)16-11-6-10-3-4-13(11)19-10/h5,7,9-11,13H,1-4,6,15H2,(H,16,18). The maximum absolute atomic E-state index is 12.4. The molecule has 3 heterocycles. The van der Waals surface area contributed by atoms with Crippen molar-refractivity contribution in [1.29, 1.82) is 0 Å². The Balaban J connectivity index is 1.51. The second-order valence-electron chi connectivity index (χ2n) is 5.99. The van der Waals surface area contributed by atoms with Crippen molar-refractivity contribution in [3.8, 4) is 0 Å². The van der Waals surface area contributed by atoms with Gasteiger partial charge in [-0.1, -0.05) is 0 Å². The molecule has 3 aliphatic rings. The highest BCUT2D eigenvalue weighted by atomic mass is 16.5. The summed E-state index contributed by atoms with van der Waals surface area (Å²) in [6.45, 7) is 0. The smallest absolute Gasteiger partial charge is 0.268 e. The van der Waals surface area contributed by atoms with E-state index in [0.717, 1.165) is 32.1 Å². The minimum Gasteiger partial charge on any atom is -0.397 e. The summed E-state index contributed by atoms with van der Waals surface area (Å²) in [5, 5.41) is 3.12. The zero-order valence-corrected chi connectivity index (χ0v) is 10.8. The molecular weight excluding hydrogens is 242 g/mol. The molecule has 0 radical (unpaired) electrons. The van der Waals surface area contributed by atoms with Gasteiger partial charge in [0.1, 0.15) is 5.69 Å². The molecule has 3 N–H and O–H groups in total. The average molecular weight is 261 g/mol. The summed E-state index contributed by atoms with van der Waals surface area (Å²) in [4.78, 5) is 12.4. The third kappa shape index (κ3) is 1.92. The monoisotopic (exact) mass is 261 g/mol. The first kappa shape index (κ1) is 11.3. The van der Waals surface area contributed by atoms with Crippen LogP contribution >= 0.6 is 0 Å². The normalized spacial score (nSPS) is 32.7. The second-order valence-corrected chi connectivity index (χ2v) is 5.99. The van der Waals surface area contributed by atoms with E-state index >= 15 is 0 Å². The molecule has 2 bridgehead atoms. The fourth-order valence-corrected chi connectivity index (χ4v) is 3.37. The van der Waals surface area contributed by atoms with Gasteiger partial charge in [-0.05, 0) is 38.2 Å². The topological polar surface area (TPSA) is 69.3 Å². The molecule has 1 amide bonds. The molecule has 3 fully saturated rings. The van der Waals surface area contributed by atoms with Crippen molar-refractivity contribution in [2.45, 2.75) is 56.4 Å². The number of nitrogens with zero attached hydrogens (tertiary/aromatic N) is 1. The van der Waals surface area contributed by atoms with Gasteiger partial charge < -0.3 is 20.4 Å². The van der Waals surface area contributed by atoms with Crippen LogP contribution in [0.1, 0.15) is 48.6 Å². The number of carbonyl (C=O) groups excluding carboxylic acids is 1. The molecule has 4 rings (SSSR count). The number of hydrogen-bond acceptors (Lipinski definition) is 3. The van der Waals surface area contributed by atoms with Gasteiger partial charge in [-0.15, -0.1) is 0 Å². The second kappa shape index (κ2) is 4.00. The van der Waals surface area contributed by atoms with Crippen molar-refractivity contribution < 1.29 is 9.53 Å². The van der Waals surface area contributed by atoms with Gasteiger partial charge in [-0.25, -0.2) is 0 Å². The average Bonchev–Trinajstić information content (AvgIpc) is 2.83. The molecule has 5 nitrogen and oxygen atoms in total. The van der Waals surface area contributed by atoms with Crippen molar-refractivity contribution in [2.75, 3.05) is 5.73 Å². The van der Waals surface area contributed by atoms with Crippen LogP contribution in [0.25, 0.3) is 0 Å². The summed E-state index contributed by atoms with van der Waals surface area (Å²) in [6.07, 6.45) is 7.91. The Labute approximate surface area is 112 Å². The SMILES string of the molecule is Nc1cc(C(=O)NC2CC3CCC2O3)n(C2CC2)c1. The third-order valence-electron chi connectivity index (χ3n) is 4.47. The van der Waals surface area contributed by atoms with Crippen LogP contribution in [-0.4, -0.2) is 28.7 Å². The van der Waals surface area contributed by atoms with E-state index in [1.165, 1.54) is 0 Å². The summed E-state index contributed by atoms with van der Waals surface area (Å²) < 4.78 is 7.80. The number of carbonyl (C=O) groups is 1.